The Morgan fingerprint density at radius 3 is 2.11 bits per heavy atom. The Labute approximate surface area is 219 Å². The highest BCUT2D eigenvalue weighted by molar-refractivity contribution is 6.51. The first kappa shape index (κ1) is 24.8. The predicted molar refractivity (Wildman–Crippen MR) is 145 cm³/mol. The summed E-state index contributed by atoms with van der Waals surface area (Å²) in [6.07, 6.45) is 0. The Morgan fingerprint density at radius 2 is 1.50 bits per heavy atom. The Bertz CT molecular complexity index is 1630. The molecule has 1 aliphatic heterocycles. The van der Waals surface area contributed by atoms with E-state index >= 15 is 0 Å². The summed E-state index contributed by atoms with van der Waals surface area (Å²) in [5.41, 5.74) is 2.58. The van der Waals surface area contributed by atoms with Crippen molar-refractivity contribution in [2.45, 2.75) is 19.9 Å². The molecule has 4 aromatic rings. The molecule has 1 amide bonds. The number of ketones is 1. The molecular weight excluding hydrogens is 482 g/mol. The molecule has 1 aromatic heterocycles. The topological polar surface area (TPSA) is 93.8 Å². The number of rotatable bonds is 5. The zero-order valence-corrected chi connectivity index (χ0v) is 21.5. The van der Waals surface area contributed by atoms with Gasteiger partial charge in [0.05, 0.1) is 30.1 Å². The number of ether oxygens (including phenoxy) is 1. The highest BCUT2D eigenvalue weighted by Gasteiger charge is 2.49. The molecule has 0 radical (unpaired) electrons. The fourth-order valence-electron chi connectivity index (χ4n) is 4.86. The van der Waals surface area contributed by atoms with Crippen LogP contribution in [-0.4, -0.2) is 33.3 Å². The second kappa shape index (κ2) is 9.55. The van der Waals surface area contributed by atoms with Gasteiger partial charge >= 0.3 is 0 Å². The molecule has 2 heterocycles. The molecular formula is C30H27N3O5. The molecule has 1 N–H and O–H groups in total. The SMILES string of the molecule is COc1ccc([C@@H]2C(=C(O)c3ccc(C)cc3)C(=O)C(=O)N2c2c(C)n(C)n(-c3ccccc3)c2=O)cc1. The van der Waals surface area contributed by atoms with Crippen molar-refractivity contribution in [1.82, 2.24) is 9.36 Å². The van der Waals surface area contributed by atoms with E-state index in [0.29, 0.717) is 28.3 Å². The van der Waals surface area contributed by atoms with Crippen LogP contribution in [0.1, 0.15) is 28.4 Å². The number of carbonyl (C=O) groups is 2. The fraction of sp³-hybridized carbons (Fsp3) is 0.167. The molecule has 1 saturated heterocycles. The number of hydrogen-bond acceptors (Lipinski definition) is 5. The molecule has 3 aromatic carbocycles. The van der Waals surface area contributed by atoms with Gasteiger partial charge in [0, 0.05) is 12.6 Å². The standard InChI is InChI=1S/C30H27N3O5/c1-18-10-12-21(13-11-18)27(34)24-26(20-14-16-23(38-4)17-15-20)32(30(37)28(24)35)25-19(2)31(3)33(29(25)36)22-8-6-5-7-9-22/h5-17,26,34H,1-4H3/t26-/m1/s1. The molecule has 5 rings (SSSR count). The molecule has 0 spiro atoms. The largest absolute Gasteiger partial charge is 0.507 e. The van der Waals surface area contributed by atoms with Crippen LogP contribution in [0, 0.1) is 13.8 Å². The maximum absolute atomic E-state index is 13.8. The Morgan fingerprint density at radius 1 is 0.868 bits per heavy atom. The number of para-hydroxylation sites is 1. The molecule has 192 valence electrons. The maximum Gasteiger partial charge on any atom is 0.300 e. The van der Waals surface area contributed by atoms with E-state index in [1.807, 2.05) is 37.3 Å². The quantitative estimate of drug-likeness (QED) is 0.244. The Balaban J connectivity index is 1.77. The molecule has 0 unspecified atom stereocenters. The fourth-order valence-corrected chi connectivity index (χ4v) is 4.86. The van der Waals surface area contributed by atoms with Gasteiger partial charge in [-0.2, -0.15) is 0 Å². The van der Waals surface area contributed by atoms with Crippen molar-refractivity contribution in [2.75, 3.05) is 12.0 Å². The first-order chi connectivity index (χ1) is 18.2. The molecule has 8 nitrogen and oxygen atoms in total. The molecule has 0 saturated carbocycles. The van der Waals surface area contributed by atoms with Gasteiger partial charge < -0.3 is 9.84 Å². The van der Waals surface area contributed by atoms with Crippen LogP contribution in [0.2, 0.25) is 0 Å². The molecule has 1 aliphatic rings. The third kappa shape index (κ3) is 3.91. The summed E-state index contributed by atoms with van der Waals surface area (Å²) in [5, 5.41) is 11.3. The van der Waals surface area contributed by atoms with E-state index in [4.69, 9.17) is 4.74 Å². The summed E-state index contributed by atoms with van der Waals surface area (Å²) in [6.45, 7) is 3.64. The van der Waals surface area contributed by atoms with Crippen molar-refractivity contribution in [2.24, 2.45) is 7.05 Å². The monoisotopic (exact) mass is 509 g/mol. The van der Waals surface area contributed by atoms with Gasteiger partial charge in [-0.05, 0) is 43.7 Å². The van der Waals surface area contributed by atoms with Crippen LogP contribution in [0.15, 0.2) is 89.2 Å². The smallest absolute Gasteiger partial charge is 0.300 e. The number of anilines is 1. The number of amides is 1. The second-order valence-corrected chi connectivity index (χ2v) is 9.22. The summed E-state index contributed by atoms with van der Waals surface area (Å²) in [5.74, 6) is -1.46. The number of Topliss-reactive ketones (excluding diaryl/α,β-unsaturated/α-hetero) is 1. The minimum absolute atomic E-state index is 0.0715. The lowest BCUT2D eigenvalue weighted by Crippen LogP contribution is -2.34. The number of benzene rings is 3. The third-order valence-corrected chi connectivity index (χ3v) is 6.97. The number of methoxy groups -OCH3 is 1. The van der Waals surface area contributed by atoms with Crippen LogP contribution in [-0.2, 0) is 16.6 Å². The summed E-state index contributed by atoms with van der Waals surface area (Å²) in [4.78, 5) is 42.2. The van der Waals surface area contributed by atoms with Crippen molar-refractivity contribution < 1.29 is 19.4 Å². The Kier molecular flexibility index (Phi) is 6.24. The van der Waals surface area contributed by atoms with Gasteiger partial charge in [-0.25, -0.2) is 4.68 Å². The van der Waals surface area contributed by atoms with E-state index in [0.717, 1.165) is 5.56 Å². The number of aliphatic hydroxyl groups is 1. The number of hydrogen-bond donors (Lipinski definition) is 1. The highest BCUT2D eigenvalue weighted by atomic mass is 16.5. The number of aromatic nitrogens is 2. The molecule has 8 heteroatoms. The maximum atomic E-state index is 13.8. The first-order valence-electron chi connectivity index (χ1n) is 12.1. The Hall–Kier alpha value is -4.85. The van der Waals surface area contributed by atoms with Gasteiger partial charge in [0.15, 0.2) is 0 Å². The molecule has 0 bridgehead atoms. The van der Waals surface area contributed by atoms with Crippen LogP contribution in [0.25, 0.3) is 11.4 Å². The van der Waals surface area contributed by atoms with Crippen LogP contribution in [0.4, 0.5) is 5.69 Å². The van der Waals surface area contributed by atoms with Gasteiger partial charge in [0.2, 0.25) is 0 Å². The van der Waals surface area contributed by atoms with Gasteiger partial charge in [-0.1, -0.05) is 60.2 Å². The van der Waals surface area contributed by atoms with Crippen molar-refractivity contribution in [3.05, 3.63) is 117 Å². The first-order valence-corrected chi connectivity index (χ1v) is 12.1. The van der Waals surface area contributed by atoms with Crippen molar-refractivity contribution >= 4 is 23.1 Å². The lowest BCUT2D eigenvalue weighted by atomic mass is 9.95. The lowest BCUT2D eigenvalue weighted by Gasteiger charge is -2.24. The molecule has 1 fully saturated rings. The minimum Gasteiger partial charge on any atom is -0.507 e. The van der Waals surface area contributed by atoms with Crippen LogP contribution >= 0.6 is 0 Å². The predicted octanol–water partition coefficient (Wildman–Crippen LogP) is 4.43. The highest BCUT2D eigenvalue weighted by Crippen LogP contribution is 2.42. The van der Waals surface area contributed by atoms with Crippen LogP contribution in [0.5, 0.6) is 5.75 Å². The average molecular weight is 510 g/mol. The number of aryl methyl sites for hydroxylation is 1. The van der Waals surface area contributed by atoms with Gasteiger partial charge in [0.1, 0.15) is 17.2 Å². The number of nitrogens with zero attached hydrogens (tertiary/aromatic N) is 3. The lowest BCUT2D eigenvalue weighted by molar-refractivity contribution is -0.132. The van der Waals surface area contributed by atoms with Gasteiger partial charge in [-0.15, -0.1) is 0 Å². The number of carbonyl (C=O) groups excluding carboxylic acids is 2. The summed E-state index contributed by atoms with van der Waals surface area (Å²) < 4.78 is 8.38. The minimum atomic E-state index is -1.03. The zero-order chi connectivity index (χ0) is 27.1. The second-order valence-electron chi connectivity index (χ2n) is 9.22. The van der Waals surface area contributed by atoms with E-state index in [9.17, 15) is 19.5 Å². The zero-order valence-electron chi connectivity index (χ0n) is 21.5. The van der Waals surface area contributed by atoms with Crippen LogP contribution < -0.4 is 15.2 Å². The van der Waals surface area contributed by atoms with Crippen molar-refractivity contribution in [3.8, 4) is 11.4 Å². The molecule has 38 heavy (non-hydrogen) atoms. The van der Waals surface area contributed by atoms with E-state index in [1.54, 1.807) is 67.2 Å². The summed E-state index contributed by atoms with van der Waals surface area (Å²) in [6, 6.07) is 21.9. The van der Waals surface area contributed by atoms with Crippen molar-refractivity contribution in [3.63, 3.8) is 0 Å². The summed E-state index contributed by atoms with van der Waals surface area (Å²) >= 11 is 0. The normalized spacial score (nSPS) is 16.7. The van der Waals surface area contributed by atoms with Crippen LogP contribution in [0.3, 0.4) is 0 Å². The summed E-state index contributed by atoms with van der Waals surface area (Å²) in [7, 11) is 3.26. The number of aliphatic hydroxyl groups excluding tert-OH is 1. The van der Waals surface area contributed by atoms with Crippen molar-refractivity contribution in [1.29, 1.82) is 0 Å². The van der Waals surface area contributed by atoms with E-state index in [1.165, 1.54) is 16.7 Å². The van der Waals surface area contributed by atoms with Gasteiger partial charge in [0.25, 0.3) is 17.2 Å². The van der Waals surface area contributed by atoms with Gasteiger partial charge in [-0.3, -0.25) is 24.0 Å². The third-order valence-electron chi connectivity index (χ3n) is 6.97. The average Bonchev–Trinajstić information content (AvgIpc) is 3.31. The van der Waals surface area contributed by atoms with E-state index in [2.05, 4.69) is 0 Å². The van der Waals surface area contributed by atoms with E-state index < -0.39 is 23.3 Å². The van der Waals surface area contributed by atoms with E-state index in [-0.39, 0.29) is 17.0 Å². The molecule has 1 atom stereocenters. The molecule has 0 aliphatic carbocycles.